The molecule has 0 spiro atoms. The Bertz CT molecular complexity index is 752. The number of nitrogens with zero attached hydrogens (tertiary/aromatic N) is 1. The van der Waals surface area contributed by atoms with E-state index in [9.17, 15) is 4.79 Å². The van der Waals surface area contributed by atoms with Crippen LogP contribution in [0.3, 0.4) is 0 Å². The molecule has 0 radical (unpaired) electrons. The third kappa shape index (κ3) is 3.28. The van der Waals surface area contributed by atoms with Crippen molar-refractivity contribution in [3.63, 3.8) is 0 Å². The number of anilines is 1. The molecule has 2 aliphatic heterocycles. The van der Waals surface area contributed by atoms with E-state index >= 15 is 0 Å². The molecule has 2 aromatic rings. The number of carbonyl (C=O) groups excluding carboxylic acids is 1. The lowest BCUT2D eigenvalue weighted by molar-refractivity contribution is -0.119. The van der Waals surface area contributed by atoms with Crippen LogP contribution in [0.5, 0.6) is 0 Å². The van der Waals surface area contributed by atoms with Crippen molar-refractivity contribution in [2.45, 2.75) is 44.6 Å². The Morgan fingerprint density at radius 3 is 2.58 bits per heavy atom. The van der Waals surface area contributed by atoms with Gasteiger partial charge in [-0.25, -0.2) is 0 Å². The summed E-state index contributed by atoms with van der Waals surface area (Å²) < 4.78 is 0. The molecule has 26 heavy (non-hydrogen) atoms. The van der Waals surface area contributed by atoms with Crippen molar-refractivity contribution >= 4 is 11.6 Å². The maximum atomic E-state index is 13.1. The lowest BCUT2D eigenvalue weighted by Crippen LogP contribution is -2.53. The van der Waals surface area contributed by atoms with E-state index in [0.717, 1.165) is 25.2 Å². The second kappa shape index (κ2) is 7.63. The number of benzene rings is 2. The SMILES string of the molecule is CC(c1ccccc1)C(C1CCCNC1)N1C(=O)CCc2ccccc21. The van der Waals surface area contributed by atoms with Gasteiger partial charge in [0.15, 0.2) is 0 Å². The molecule has 4 rings (SSSR count). The Morgan fingerprint density at radius 2 is 1.81 bits per heavy atom. The second-order valence-electron chi connectivity index (χ2n) is 7.69. The van der Waals surface area contributed by atoms with Crippen LogP contribution in [-0.4, -0.2) is 25.0 Å². The minimum Gasteiger partial charge on any atom is -0.316 e. The molecule has 3 atom stereocenters. The fourth-order valence-electron chi connectivity index (χ4n) is 4.75. The van der Waals surface area contributed by atoms with Crippen LogP contribution in [-0.2, 0) is 11.2 Å². The number of hydrogen-bond donors (Lipinski definition) is 1. The van der Waals surface area contributed by atoms with E-state index in [1.54, 1.807) is 0 Å². The third-order valence-electron chi connectivity index (χ3n) is 6.08. The smallest absolute Gasteiger partial charge is 0.227 e. The van der Waals surface area contributed by atoms with Crippen molar-refractivity contribution in [1.29, 1.82) is 0 Å². The Labute approximate surface area is 156 Å². The van der Waals surface area contributed by atoms with E-state index in [-0.39, 0.29) is 11.9 Å². The molecule has 1 N–H and O–H groups in total. The summed E-state index contributed by atoms with van der Waals surface area (Å²) in [5.74, 6) is 1.06. The minimum atomic E-state index is 0.194. The molecule has 0 aliphatic carbocycles. The summed E-state index contributed by atoms with van der Waals surface area (Å²) >= 11 is 0. The van der Waals surface area contributed by atoms with E-state index in [2.05, 4.69) is 71.7 Å². The van der Waals surface area contributed by atoms with Crippen LogP contribution in [0.15, 0.2) is 54.6 Å². The molecular formula is C23H28N2O. The van der Waals surface area contributed by atoms with Gasteiger partial charge in [0.1, 0.15) is 0 Å². The van der Waals surface area contributed by atoms with Crippen molar-refractivity contribution < 1.29 is 4.79 Å². The summed E-state index contributed by atoms with van der Waals surface area (Å²) in [6, 6.07) is 19.3. The average Bonchev–Trinajstić information content (AvgIpc) is 2.71. The Balaban J connectivity index is 1.76. The number of piperidine rings is 1. The number of fused-ring (bicyclic) bond motifs is 1. The molecule has 2 aromatic carbocycles. The van der Waals surface area contributed by atoms with Crippen molar-refractivity contribution in [2.24, 2.45) is 5.92 Å². The third-order valence-corrected chi connectivity index (χ3v) is 6.08. The van der Waals surface area contributed by atoms with Crippen molar-refractivity contribution in [3.8, 4) is 0 Å². The molecule has 0 saturated carbocycles. The molecule has 3 nitrogen and oxygen atoms in total. The zero-order valence-corrected chi connectivity index (χ0v) is 15.5. The predicted octanol–water partition coefficient (Wildman–Crippen LogP) is 4.14. The van der Waals surface area contributed by atoms with Gasteiger partial charge in [-0.1, -0.05) is 55.5 Å². The zero-order chi connectivity index (χ0) is 17.9. The molecule has 0 bridgehead atoms. The van der Waals surface area contributed by atoms with Gasteiger partial charge >= 0.3 is 0 Å². The second-order valence-corrected chi connectivity index (χ2v) is 7.69. The number of amides is 1. The molecule has 1 fully saturated rings. The van der Waals surface area contributed by atoms with Gasteiger partial charge in [-0.15, -0.1) is 0 Å². The van der Waals surface area contributed by atoms with Crippen molar-refractivity contribution in [3.05, 3.63) is 65.7 Å². The van der Waals surface area contributed by atoms with Gasteiger partial charge in [0.2, 0.25) is 5.91 Å². The maximum Gasteiger partial charge on any atom is 0.227 e. The quantitative estimate of drug-likeness (QED) is 0.901. The maximum absolute atomic E-state index is 13.1. The van der Waals surface area contributed by atoms with Gasteiger partial charge in [-0.3, -0.25) is 4.79 Å². The predicted molar refractivity (Wildman–Crippen MR) is 106 cm³/mol. The van der Waals surface area contributed by atoms with Gasteiger partial charge in [0.25, 0.3) is 0 Å². The summed E-state index contributed by atoms with van der Waals surface area (Å²) in [4.78, 5) is 15.2. The Kier molecular flexibility index (Phi) is 5.07. The molecular weight excluding hydrogens is 320 g/mol. The first-order valence-electron chi connectivity index (χ1n) is 9.91. The summed E-state index contributed by atoms with van der Waals surface area (Å²) in [6.07, 6.45) is 3.85. The molecule has 136 valence electrons. The molecule has 0 aromatic heterocycles. The first-order chi connectivity index (χ1) is 12.8. The first kappa shape index (κ1) is 17.3. The molecule has 1 amide bonds. The highest BCUT2D eigenvalue weighted by molar-refractivity contribution is 5.97. The number of para-hydroxylation sites is 1. The van der Waals surface area contributed by atoms with E-state index in [4.69, 9.17) is 0 Å². The summed E-state index contributed by atoms with van der Waals surface area (Å²) in [5, 5.41) is 3.56. The largest absolute Gasteiger partial charge is 0.316 e. The molecule has 2 heterocycles. The van der Waals surface area contributed by atoms with Crippen LogP contribution in [0, 0.1) is 5.92 Å². The van der Waals surface area contributed by atoms with Crippen LogP contribution >= 0.6 is 0 Å². The number of aryl methyl sites for hydroxylation is 1. The van der Waals surface area contributed by atoms with Gasteiger partial charge in [0, 0.05) is 24.1 Å². The highest BCUT2D eigenvalue weighted by Crippen LogP contribution is 2.38. The topological polar surface area (TPSA) is 32.3 Å². The first-order valence-corrected chi connectivity index (χ1v) is 9.91. The molecule has 1 saturated heterocycles. The number of rotatable bonds is 4. The van der Waals surface area contributed by atoms with Crippen LogP contribution in [0.1, 0.15) is 43.2 Å². The van der Waals surface area contributed by atoms with Gasteiger partial charge < -0.3 is 10.2 Å². The van der Waals surface area contributed by atoms with Gasteiger partial charge in [-0.05, 0) is 55.5 Å². The van der Waals surface area contributed by atoms with Crippen LogP contribution in [0.25, 0.3) is 0 Å². The minimum absolute atomic E-state index is 0.194. The molecule has 3 heteroatoms. The van der Waals surface area contributed by atoms with E-state index in [1.165, 1.54) is 24.0 Å². The monoisotopic (exact) mass is 348 g/mol. The Hall–Kier alpha value is -2.13. The summed E-state index contributed by atoms with van der Waals surface area (Å²) in [5.41, 5.74) is 3.75. The number of carbonyl (C=O) groups is 1. The lowest BCUT2D eigenvalue weighted by atomic mass is 9.79. The molecule has 3 unspecified atom stereocenters. The summed E-state index contributed by atoms with van der Waals surface area (Å²) in [7, 11) is 0. The van der Waals surface area contributed by atoms with E-state index < -0.39 is 0 Å². The van der Waals surface area contributed by atoms with Crippen molar-refractivity contribution in [1.82, 2.24) is 5.32 Å². The Morgan fingerprint density at radius 1 is 1.04 bits per heavy atom. The number of nitrogens with one attached hydrogen (secondary N) is 1. The normalized spacial score (nSPS) is 22.6. The lowest BCUT2D eigenvalue weighted by Gasteiger charge is -2.44. The highest BCUT2D eigenvalue weighted by atomic mass is 16.2. The van der Waals surface area contributed by atoms with Crippen LogP contribution in [0.4, 0.5) is 5.69 Å². The highest BCUT2D eigenvalue weighted by Gasteiger charge is 2.39. The van der Waals surface area contributed by atoms with Crippen LogP contribution in [0.2, 0.25) is 0 Å². The fraction of sp³-hybridized carbons (Fsp3) is 0.435. The number of hydrogen-bond acceptors (Lipinski definition) is 2. The summed E-state index contributed by atoms with van der Waals surface area (Å²) in [6.45, 7) is 4.38. The standard InChI is InChI=1S/C23H28N2O/c1-17(18-8-3-2-4-9-18)23(20-11-7-15-24-16-20)25-21-12-6-5-10-19(21)13-14-22(25)26/h2-6,8-10,12,17,20,23-24H,7,11,13-16H2,1H3. The fourth-order valence-corrected chi connectivity index (χ4v) is 4.75. The zero-order valence-electron chi connectivity index (χ0n) is 15.5. The molecule has 2 aliphatic rings. The van der Waals surface area contributed by atoms with Crippen LogP contribution < -0.4 is 10.2 Å². The van der Waals surface area contributed by atoms with E-state index in [1.807, 2.05) is 0 Å². The average molecular weight is 348 g/mol. The van der Waals surface area contributed by atoms with Gasteiger partial charge in [0.05, 0.1) is 0 Å². The van der Waals surface area contributed by atoms with Gasteiger partial charge in [-0.2, -0.15) is 0 Å². The van der Waals surface area contributed by atoms with Crippen molar-refractivity contribution in [2.75, 3.05) is 18.0 Å². The van der Waals surface area contributed by atoms with E-state index in [0.29, 0.717) is 18.3 Å².